The Labute approximate surface area is 127 Å². The predicted octanol–water partition coefficient (Wildman–Crippen LogP) is 4.06. The molecular weight excluding hydrogens is 267 g/mol. The molecule has 1 amide bonds. The van der Waals surface area contributed by atoms with Crippen LogP contribution in [0.5, 0.6) is 0 Å². The number of rotatable bonds is 7. The summed E-state index contributed by atoms with van der Waals surface area (Å²) in [5.74, 6) is -0.177. The van der Waals surface area contributed by atoms with Crippen LogP contribution >= 0.6 is 0 Å². The maximum Gasteiger partial charge on any atom is 0.253 e. The highest BCUT2D eigenvalue weighted by Crippen LogP contribution is 2.25. The molecule has 0 saturated heterocycles. The Morgan fingerprint density at radius 1 is 1.33 bits per heavy atom. The molecule has 0 radical (unpaired) electrons. The van der Waals surface area contributed by atoms with Gasteiger partial charge in [0, 0.05) is 13.1 Å². The Bertz CT molecular complexity index is 484. The van der Waals surface area contributed by atoms with E-state index in [0.717, 1.165) is 6.42 Å². The zero-order valence-corrected chi connectivity index (χ0v) is 13.7. The van der Waals surface area contributed by atoms with Crippen LogP contribution in [0.3, 0.4) is 0 Å². The van der Waals surface area contributed by atoms with Crippen LogP contribution in [0.2, 0.25) is 0 Å². The number of amides is 1. The van der Waals surface area contributed by atoms with Crippen LogP contribution in [0.15, 0.2) is 18.2 Å². The van der Waals surface area contributed by atoms with Crippen LogP contribution < -0.4 is 10.6 Å². The summed E-state index contributed by atoms with van der Waals surface area (Å²) in [6.45, 7) is 11.7. The normalized spacial score (nSPS) is 11.6. The first kappa shape index (κ1) is 17.5. The average molecular weight is 294 g/mol. The summed E-state index contributed by atoms with van der Waals surface area (Å²) in [6, 6.07) is 4.58. The number of carbonyl (C=O) groups is 1. The van der Waals surface area contributed by atoms with Crippen LogP contribution in [0, 0.1) is 17.2 Å². The van der Waals surface area contributed by atoms with E-state index in [2.05, 4.69) is 38.3 Å². The SMILES string of the molecule is CCCNc1c(F)cccc1C(=O)NCC(C)(C)C(C)C. The van der Waals surface area contributed by atoms with Crippen molar-refractivity contribution in [2.24, 2.45) is 11.3 Å². The second-order valence-electron chi connectivity index (χ2n) is 6.42. The van der Waals surface area contributed by atoms with Crippen molar-refractivity contribution >= 4 is 11.6 Å². The molecule has 1 aromatic rings. The first-order valence-corrected chi connectivity index (χ1v) is 7.60. The number of anilines is 1. The van der Waals surface area contributed by atoms with Gasteiger partial charge in [0.2, 0.25) is 0 Å². The van der Waals surface area contributed by atoms with Crippen molar-refractivity contribution in [3.63, 3.8) is 0 Å². The van der Waals surface area contributed by atoms with E-state index in [1.165, 1.54) is 6.07 Å². The summed E-state index contributed by atoms with van der Waals surface area (Å²) < 4.78 is 13.9. The van der Waals surface area contributed by atoms with Gasteiger partial charge in [0.15, 0.2) is 0 Å². The number of para-hydroxylation sites is 1. The molecule has 0 fully saturated rings. The lowest BCUT2D eigenvalue weighted by molar-refractivity contribution is 0.0925. The summed E-state index contributed by atoms with van der Waals surface area (Å²) in [5, 5.41) is 5.92. The third-order valence-electron chi connectivity index (χ3n) is 4.08. The second-order valence-corrected chi connectivity index (χ2v) is 6.42. The number of hydrogen-bond acceptors (Lipinski definition) is 2. The second kappa shape index (κ2) is 7.43. The van der Waals surface area contributed by atoms with Crippen molar-refractivity contribution in [3.05, 3.63) is 29.6 Å². The Morgan fingerprint density at radius 2 is 2.00 bits per heavy atom. The van der Waals surface area contributed by atoms with Crippen molar-refractivity contribution in [1.29, 1.82) is 0 Å². The zero-order chi connectivity index (χ0) is 16.0. The molecule has 2 N–H and O–H groups in total. The average Bonchev–Trinajstić information content (AvgIpc) is 2.43. The van der Waals surface area contributed by atoms with E-state index >= 15 is 0 Å². The van der Waals surface area contributed by atoms with Crippen LogP contribution in [0.4, 0.5) is 10.1 Å². The van der Waals surface area contributed by atoms with E-state index in [-0.39, 0.29) is 17.1 Å². The van der Waals surface area contributed by atoms with Crippen molar-refractivity contribution in [1.82, 2.24) is 5.32 Å². The predicted molar refractivity (Wildman–Crippen MR) is 86.1 cm³/mol. The maximum atomic E-state index is 13.9. The molecule has 0 heterocycles. The number of hydrogen-bond donors (Lipinski definition) is 2. The molecule has 0 bridgehead atoms. The van der Waals surface area contributed by atoms with Gasteiger partial charge in [-0.25, -0.2) is 4.39 Å². The molecule has 0 aliphatic heterocycles. The molecule has 0 unspecified atom stereocenters. The van der Waals surface area contributed by atoms with Gasteiger partial charge >= 0.3 is 0 Å². The first-order chi connectivity index (χ1) is 9.79. The van der Waals surface area contributed by atoms with Gasteiger partial charge in [0.05, 0.1) is 11.3 Å². The Morgan fingerprint density at radius 3 is 2.57 bits per heavy atom. The number of halogens is 1. The van der Waals surface area contributed by atoms with Crippen LogP contribution in [-0.2, 0) is 0 Å². The smallest absolute Gasteiger partial charge is 0.253 e. The van der Waals surface area contributed by atoms with Gasteiger partial charge in [-0.2, -0.15) is 0 Å². The molecule has 118 valence electrons. The Balaban J connectivity index is 2.85. The fraction of sp³-hybridized carbons (Fsp3) is 0.588. The largest absolute Gasteiger partial charge is 0.382 e. The highest BCUT2D eigenvalue weighted by Gasteiger charge is 2.24. The van der Waals surface area contributed by atoms with Crippen molar-refractivity contribution in [2.45, 2.75) is 41.0 Å². The van der Waals surface area contributed by atoms with E-state index < -0.39 is 0 Å². The van der Waals surface area contributed by atoms with Gasteiger partial charge in [-0.05, 0) is 29.9 Å². The fourth-order valence-electron chi connectivity index (χ4n) is 1.75. The molecule has 3 nitrogen and oxygen atoms in total. The van der Waals surface area contributed by atoms with Crippen molar-refractivity contribution in [2.75, 3.05) is 18.4 Å². The number of benzene rings is 1. The number of carbonyl (C=O) groups excluding carboxylic acids is 1. The Kier molecular flexibility index (Phi) is 6.19. The van der Waals surface area contributed by atoms with Crippen molar-refractivity contribution in [3.8, 4) is 0 Å². The van der Waals surface area contributed by atoms with Gasteiger partial charge < -0.3 is 10.6 Å². The van der Waals surface area contributed by atoms with Crippen LogP contribution in [0.25, 0.3) is 0 Å². The first-order valence-electron chi connectivity index (χ1n) is 7.60. The van der Waals surface area contributed by atoms with E-state index in [9.17, 15) is 9.18 Å². The lowest BCUT2D eigenvalue weighted by Gasteiger charge is -2.29. The fourth-order valence-corrected chi connectivity index (χ4v) is 1.75. The Hall–Kier alpha value is -1.58. The summed E-state index contributed by atoms with van der Waals surface area (Å²) in [6.07, 6.45) is 0.871. The zero-order valence-electron chi connectivity index (χ0n) is 13.7. The quantitative estimate of drug-likeness (QED) is 0.796. The third kappa shape index (κ3) is 4.73. The lowest BCUT2D eigenvalue weighted by atomic mass is 9.81. The minimum absolute atomic E-state index is 0.00000453. The van der Waals surface area contributed by atoms with E-state index in [0.29, 0.717) is 30.3 Å². The van der Waals surface area contributed by atoms with Crippen LogP contribution in [-0.4, -0.2) is 19.0 Å². The van der Waals surface area contributed by atoms with E-state index in [1.54, 1.807) is 12.1 Å². The molecule has 0 spiro atoms. The summed E-state index contributed by atoms with van der Waals surface area (Å²) in [5.41, 5.74) is 0.655. The minimum Gasteiger partial charge on any atom is -0.382 e. The molecule has 0 atom stereocenters. The summed E-state index contributed by atoms with van der Waals surface area (Å²) >= 11 is 0. The molecule has 4 heteroatoms. The molecule has 1 aromatic carbocycles. The van der Waals surface area contributed by atoms with Crippen LogP contribution in [0.1, 0.15) is 51.4 Å². The summed E-state index contributed by atoms with van der Waals surface area (Å²) in [4.78, 5) is 12.3. The maximum absolute atomic E-state index is 13.9. The standard InChI is InChI=1S/C17H27FN2O/c1-6-10-19-15-13(8-7-9-14(15)18)16(21)20-11-17(4,5)12(2)3/h7-9,12,19H,6,10-11H2,1-5H3,(H,20,21). The molecule has 0 aromatic heterocycles. The number of nitrogens with one attached hydrogen (secondary N) is 2. The molecular formula is C17H27FN2O. The van der Waals surface area contributed by atoms with Gasteiger partial charge in [-0.3, -0.25) is 4.79 Å². The molecule has 0 saturated carbocycles. The highest BCUT2D eigenvalue weighted by atomic mass is 19.1. The summed E-state index contributed by atoms with van der Waals surface area (Å²) in [7, 11) is 0. The molecule has 0 aliphatic rings. The third-order valence-corrected chi connectivity index (χ3v) is 4.08. The van der Waals surface area contributed by atoms with Gasteiger partial charge in [0.1, 0.15) is 5.82 Å². The minimum atomic E-state index is -0.390. The molecule has 1 rings (SSSR count). The lowest BCUT2D eigenvalue weighted by Crippen LogP contribution is -2.37. The highest BCUT2D eigenvalue weighted by molar-refractivity contribution is 5.99. The topological polar surface area (TPSA) is 41.1 Å². The monoisotopic (exact) mass is 294 g/mol. The van der Waals surface area contributed by atoms with E-state index in [1.807, 2.05) is 6.92 Å². The van der Waals surface area contributed by atoms with Gasteiger partial charge in [-0.15, -0.1) is 0 Å². The van der Waals surface area contributed by atoms with Crippen molar-refractivity contribution < 1.29 is 9.18 Å². The van der Waals surface area contributed by atoms with Gasteiger partial charge in [-0.1, -0.05) is 40.7 Å². The van der Waals surface area contributed by atoms with E-state index in [4.69, 9.17) is 0 Å². The molecule has 0 aliphatic carbocycles. The molecule has 21 heavy (non-hydrogen) atoms. The van der Waals surface area contributed by atoms with Gasteiger partial charge in [0.25, 0.3) is 5.91 Å².